The maximum absolute atomic E-state index is 9.09. The first-order valence-electron chi connectivity index (χ1n) is 4.52. The molecule has 0 saturated carbocycles. The van der Waals surface area contributed by atoms with Gasteiger partial charge in [-0.05, 0) is 11.4 Å². The zero-order chi connectivity index (χ0) is 12.4. The number of nitrogens with zero attached hydrogens (tertiary/aromatic N) is 3. The third-order valence-electron chi connectivity index (χ3n) is 2.17. The molecule has 0 aliphatic carbocycles. The fourth-order valence-electron chi connectivity index (χ4n) is 1.46. The lowest BCUT2D eigenvalue weighted by molar-refractivity contribution is 1.29. The van der Waals surface area contributed by atoms with Gasteiger partial charge in [-0.1, -0.05) is 17.7 Å². The molecule has 2 aromatic rings. The van der Waals surface area contributed by atoms with E-state index in [2.05, 4.69) is 4.98 Å². The molecule has 82 valence electrons. The van der Waals surface area contributed by atoms with Crippen LogP contribution in [0.2, 0.25) is 5.15 Å². The summed E-state index contributed by atoms with van der Waals surface area (Å²) in [4.78, 5) is 4.56. The molecule has 0 unspecified atom stereocenters. The van der Waals surface area contributed by atoms with Crippen LogP contribution in [0.5, 0.6) is 0 Å². The minimum absolute atomic E-state index is 0.0207. The van der Waals surface area contributed by atoms with Crippen molar-refractivity contribution >= 4 is 28.8 Å². The van der Waals surface area contributed by atoms with Gasteiger partial charge in [0, 0.05) is 10.4 Å². The van der Waals surface area contributed by atoms with Crippen molar-refractivity contribution in [1.82, 2.24) is 4.98 Å². The number of anilines is 1. The maximum Gasteiger partial charge on any atom is 0.149 e. The molecular weight excluding hydrogens is 256 g/mol. The minimum atomic E-state index is 0.0207. The van der Waals surface area contributed by atoms with E-state index in [0.29, 0.717) is 5.56 Å². The summed E-state index contributed by atoms with van der Waals surface area (Å²) in [6.07, 6.45) is 0. The smallest absolute Gasteiger partial charge is 0.149 e. The number of aromatic nitrogens is 1. The van der Waals surface area contributed by atoms with Crippen LogP contribution in [0.25, 0.3) is 10.4 Å². The Morgan fingerprint density at radius 1 is 1.29 bits per heavy atom. The SMILES string of the molecule is N#Cc1c(N)nc(Cl)c(C#N)c1-c1cccs1. The first-order valence-corrected chi connectivity index (χ1v) is 5.77. The average molecular weight is 261 g/mol. The maximum atomic E-state index is 9.09. The Morgan fingerprint density at radius 3 is 2.53 bits per heavy atom. The number of nitrogens with two attached hydrogens (primary N) is 1. The van der Waals surface area contributed by atoms with Crippen molar-refractivity contribution in [3.05, 3.63) is 33.8 Å². The standard InChI is InChI=1S/C11H5ClN4S/c12-10-6(4-13)9(8-2-1-3-17-8)7(5-14)11(15)16-10/h1-3H,(H2,15,16). The van der Waals surface area contributed by atoms with Crippen LogP contribution in [0.15, 0.2) is 17.5 Å². The molecule has 0 aliphatic rings. The molecule has 17 heavy (non-hydrogen) atoms. The number of hydrogen-bond donors (Lipinski definition) is 1. The van der Waals surface area contributed by atoms with Gasteiger partial charge in [-0.25, -0.2) is 4.98 Å². The Morgan fingerprint density at radius 2 is 2.00 bits per heavy atom. The summed E-state index contributed by atoms with van der Waals surface area (Å²) in [5.41, 5.74) is 6.47. The molecule has 2 rings (SSSR count). The fraction of sp³-hybridized carbons (Fsp3) is 0. The zero-order valence-corrected chi connectivity index (χ0v) is 10.0. The predicted octanol–water partition coefficient (Wildman–Crippen LogP) is 2.79. The van der Waals surface area contributed by atoms with Crippen LogP contribution < -0.4 is 5.73 Å². The molecule has 0 atom stereocenters. The average Bonchev–Trinajstić information content (AvgIpc) is 2.81. The molecule has 2 heterocycles. The van der Waals surface area contributed by atoms with E-state index in [4.69, 9.17) is 27.9 Å². The Labute approximate surface area is 107 Å². The van der Waals surface area contributed by atoms with E-state index in [1.54, 1.807) is 6.07 Å². The lowest BCUT2D eigenvalue weighted by Gasteiger charge is -2.07. The Balaban J connectivity index is 2.89. The van der Waals surface area contributed by atoms with Crippen LogP contribution in [-0.2, 0) is 0 Å². The van der Waals surface area contributed by atoms with Crippen LogP contribution in [0, 0.1) is 22.7 Å². The van der Waals surface area contributed by atoms with Crippen molar-refractivity contribution in [2.45, 2.75) is 0 Å². The van der Waals surface area contributed by atoms with E-state index in [1.165, 1.54) is 11.3 Å². The minimum Gasteiger partial charge on any atom is -0.383 e. The number of halogens is 1. The third kappa shape index (κ3) is 1.83. The van der Waals surface area contributed by atoms with Gasteiger partial charge in [0.25, 0.3) is 0 Å². The van der Waals surface area contributed by atoms with Crippen molar-refractivity contribution in [2.24, 2.45) is 0 Å². The molecule has 6 heteroatoms. The van der Waals surface area contributed by atoms with Crippen LogP contribution in [0.1, 0.15) is 11.1 Å². The molecule has 0 saturated heterocycles. The number of hydrogen-bond acceptors (Lipinski definition) is 5. The number of rotatable bonds is 1. The van der Waals surface area contributed by atoms with Gasteiger partial charge in [0.05, 0.1) is 5.56 Å². The number of nitriles is 2. The van der Waals surface area contributed by atoms with Crippen molar-refractivity contribution in [3.63, 3.8) is 0 Å². The van der Waals surface area contributed by atoms with E-state index in [9.17, 15) is 0 Å². The molecule has 0 radical (unpaired) electrons. The molecule has 0 aromatic carbocycles. The molecule has 0 aliphatic heterocycles. The van der Waals surface area contributed by atoms with Crippen molar-refractivity contribution in [2.75, 3.05) is 5.73 Å². The van der Waals surface area contributed by atoms with Gasteiger partial charge in [0.1, 0.15) is 28.7 Å². The predicted molar refractivity (Wildman–Crippen MR) is 66.4 cm³/mol. The van der Waals surface area contributed by atoms with Gasteiger partial charge in [0.15, 0.2) is 0 Å². The summed E-state index contributed by atoms with van der Waals surface area (Å²) in [6.45, 7) is 0. The first kappa shape index (κ1) is 11.4. The largest absolute Gasteiger partial charge is 0.383 e. The quantitative estimate of drug-likeness (QED) is 0.799. The van der Waals surface area contributed by atoms with Crippen LogP contribution in [0.4, 0.5) is 5.82 Å². The van der Waals surface area contributed by atoms with Gasteiger partial charge in [-0.3, -0.25) is 0 Å². The molecule has 2 aromatic heterocycles. The van der Waals surface area contributed by atoms with Gasteiger partial charge >= 0.3 is 0 Å². The second kappa shape index (κ2) is 4.42. The molecule has 2 N–H and O–H groups in total. The Kier molecular flexibility index (Phi) is 2.97. The van der Waals surface area contributed by atoms with Gasteiger partial charge < -0.3 is 5.73 Å². The third-order valence-corrected chi connectivity index (χ3v) is 3.33. The lowest BCUT2D eigenvalue weighted by atomic mass is 10.0. The molecule has 4 nitrogen and oxygen atoms in total. The Hall–Kier alpha value is -2.08. The molecular formula is C11H5ClN4S. The van der Waals surface area contributed by atoms with Gasteiger partial charge in [-0.15, -0.1) is 11.3 Å². The first-order chi connectivity index (χ1) is 8.19. The molecule has 0 fully saturated rings. The number of thiophene rings is 1. The van der Waals surface area contributed by atoms with E-state index in [0.717, 1.165) is 4.88 Å². The van der Waals surface area contributed by atoms with Crippen molar-refractivity contribution < 1.29 is 0 Å². The summed E-state index contributed by atoms with van der Waals surface area (Å²) >= 11 is 7.27. The van der Waals surface area contributed by atoms with E-state index in [-0.39, 0.29) is 22.1 Å². The molecule has 0 spiro atoms. The van der Waals surface area contributed by atoms with Crippen molar-refractivity contribution in [1.29, 1.82) is 10.5 Å². The Bertz CT molecular complexity index is 611. The highest BCUT2D eigenvalue weighted by Crippen LogP contribution is 2.35. The second-order valence-corrected chi connectivity index (χ2v) is 4.42. The van der Waals surface area contributed by atoms with E-state index in [1.807, 2.05) is 23.6 Å². The topological polar surface area (TPSA) is 86.5 Å². The highest BCUT2D eigenvalue weighted by molar-refractivity contribution is 7.13. The van der Waals surface area contributed by atoms with Crippen molar-refractivity contribution in [3.8, 4) is 22.6 Å². The van der Waals surface area contributed by atoms with Crippen LogP contribution in [0.3, 0.4) is 0 Å². The van der Waals surface area contributed by atoms with Crippen LogP contribution in [-0.4, -0.2) is 4.98 Å². The zero-order valence-electron chi connectivity index (χ0n) is 8.44. The number of nitrogen functional groups attached to an aromatic ring is 1. The molecule has 0 amide bonds. The summed E-state index contributed by atoms with van der Waals surface area (Å²) in [5, 5.41) is 20.1. The summed E-state index contributed by atoms with van der Waals surface area (Å²) in [5.74, 6) is 0.0416. The normalized spacial score (nSPS) is 9.59. The van der Waals surface area contributed by atoms with E-state index < -0.39 is 0 Å². The lowest BCUT2D eigenvalue weighted by Crippen LogP contribution is -2.00. The summed E-state index contributed by atoms with van der Waals surface area (Å²) < 4.78 is 0. The van der Waals surface area contributed by atoms with Crippen LogP contribution >= 0.6 is 22.9 Å². The summed E-state index contributed by atoms with van der Waals surface area (Å²) in [6, 6.07) is 7.55. The highest BCUT2D eigenvalue weighted by atomic mass is 35.5. The monoisotopic (exact) mass is 260 g/mol. The highest BCUT2D eigenvalue weighted by Gasteiger charge is 2.19. The summed E-state index contributed by atoms with van der Waals surface area (Å²) in [7, 11) is 0. The van der Waals surface area contributed by atoms with Gasteiger partial charge in [-0.2, -0.15) is 10.5 Å². The second-order valence-electron chi connectivity index (χ2n) is 3.11. The fourth-order valence-corrected chi connectivity index (χ4v) is 2.47. The number of pyridine rings is 1. The molecule has 0 bridgehead atoms. The van der Waals surface area contributed by atoms with E-state index >= 15 is 0 Å². The van der Waals surface area contributed by atoms with Gasteiger partial charge in [0.2, 0.25) is 0 Å².